The van der Waals surface area contributed by atoms with Gasteiger partial charge in [0.25, 0.3) is 0 Å². The van der Waals surface area contributed by atoms with Crippen LogP contribution < -0.4 is 0 Å². The van der Waals surface area contributed by atoms with Crippen molar-refractivity contribution < 1.29 is 9.59 Å². The lowest BCUT2D eigenvalue weighted by Gasteiger charge is -2.26. The van der Waals surface area contributed by atoms with E-state index in [9.17, 15) is 9.59 Å². The Morgan fingerprint density at radius 1 is 1.14 bits per heavy atom. The molecule has 21 heavy (non-hydrogen) atoms. The normalized spacial score (nSPS) is 19.4. The van der Waals surface area contributed by atoms with E-state index in [1.54, 1.807) is 11.9 Å². The molecule has 1 aliphatic heterocycles. The highest BCUT2D eigenvalue weighted by molar-refractivity contribution is 6.07. The highest BCUT2D eigenvalue weighted by Gasteiger charge is 2.59. The molecule has 4 nitrogen and oxygen atoms in total. The average molecular weight is 286 g/mol. The van der Waals surface area contributed by atoms with Crippen LogP contribution in [0, 0.1) is 5.41 Å². The number of hydrogen-bond donors (Lipinski definition) is 0. The van der Waals surface area contributed by atoms with Crippen molar-refractivity contribution in [2.45, 2.75) is 32.2 Å². The highest BCUT2D eigenvalue weighted by atomic mass is 16.2. The number of carbonyl (C=O) groups is 2. The van der Waals surface area contributed by atoms with Gasteiger partial charge in [0, 0.05) is 26.7 Å². The van der Waals surface area contributed by atoms with E-state index in [4.69, 9.17) is 0 Å². The van der Waals surface area contributed by atoms with E-state index in [-0.39, 0.29) is 11.8 Å². The van der Waals surface area contributed by atoms with Gasteiger partial charge in [-0.15, -0.1) is 0 Å². The van der Waals surface area contributed by atoms with Crippen molar-refractivity contribution in [1.29, 1.82) is 0 Å². The molecule has 112 valence electrons. The summed E-state index contributed by atoms with van der Waals surface area (Å²) in [5, 5.41) is 0. The van der Waals surface area contributed by atoms with Crippen LogP contribution in [0.15, 0.2) is 30.3 Å². The van der Waals surface area contributed by atoms with Crippen LogP contribution in [0.5, 0.6) is 0 Å². The second-order valence-electron chi connectivity index (χ2n) is 6.23. The lowest BCUT2D eigenvalue weighted by Crippen LogP contribution is -2.44. The number of rotatable bonds is 4. The molecule has 0 bridgehead atoms. The minimum Gasteiger partial charge on any atom is -0.342 e. The Morgan fingerprint density at radius 2 is 1.76 bits per heavy atom. The fourth-order valence-electron chi connectivity index (χ4n) is 3.16. The summed E-state index contributed by atoms with van der Waals surface area (Å²) >= 11 is 0. The molecule has 0 spiro atoms. The molecule has 1 heterocycles. The van der Waals surface area contributed by atoms with Crippen molar-refractivity contribution in [1.82, 2.24) is 9.80 Å². The van der Waals surface area contributed by atoms with Gasteiger partial charge in [0.2, 0.25) is 11.8 Å². The largest absolute Gasteiger partial charge is 0.342 e. The third-order valence-electron chi connectivity index (χ3n) is 4.57. The van der Waals surface area contributed by atoms with E-state index >= 15 is 0 Å². The molecule has 0 atom stereocenters. The summed E-state index contributed by atoms with van der Waals surface area (Å²) in [4.78, 5) is 28.9. The molecule has 0 aromatic heterocycles. The average Bonchev–Trinajstić information content (AvgIpc) is 3.13. The summed E-state index contributed by atoms with van der Waals surface area (Å²) in [7, 11) is 1.80. The smallest absolute Gasteiger partial charge is 0.238 e. The van der Waals surface area contributed by atoms with Gasteiger partial charge in [0.05, 0.1) is 0 Å². The minimum absolute atomic E-state index is 0.0109. The number of nitrogens with zero attached hydrogens (tertiary/aromatic N) is 2. The Labute approximate surface area is 125 Å². The van der Waals surface area contributed by atoms with Crippen LogP contribution in [0.2, 0.25) is 0 Å². The summed E-state index contributed by atoms with van der Waals surface area (Å²) < 4.78 is 0. The van der Waals surface area contributed by atoms with Crippen molar-refractivity contribution in [3.63, 3.8) is 0 Å². The Morgan fingerprint density at radius 3 is 2.33 bits per heavy atom. The topological polar surface area (TPSA) is 40.6 Å². The number of amides is 2. The molecule has 1 saturated carbocycles. The molecule has 1 aromatic carbocycles. The molecule has 0 N–H and O–H groups in total. The fraction of sp³-hybridized carbons (Fsp3) is 0.529. The van der Waals surface area contributed by atoms with Crippen molar-refractivity contribution in [3.05, 3.63) is 35.9 Å². The monoisotopic (exact) mass is 286 g/mol. The van der Waals surface area contributed by atoms with Gasteiger partial charge in [-0.3, -0.25) is 9.59 Å². The zero-order valence-corrected chi connectivity index (χ0v) is 12.5. The van der Waals surface area contributed by atoms with Crippen molar-refractivity contribution in [2.75, 3.05) is 20.1 Å². The van der Waals surface area contributed by atoms with Gasteiger partial charge in [0.15, 0.2) is 0 Å². The maximum absolute atomic E-state index is 12.7. The van der Waals surface area contributed by atoms with Crippen molar-refractivity contribution in [3.8, 4) is 0 Å². The molecule has 4 heteroatoms. The number of hydrogen-bond acceptors (Lipinski definition) is 2. The summed E-state index contributed by atoms with van der Waals surface area (Å²) in [5.41, 5.74) is 0.353. The minimum atomic E-state index is -0.742. The number of likely N-dealkylation sites (tertiary alicyclic amines) is 1. The van der Waals surface area contributed by atoms with Gasteiger partial charge >= 0.3 is 0 Å². The molecular weight excluding hydrogens is 264 g/mol. The molecule has 2 fully saturated rings. The van der Waals surface area contributed by atoms with E-state index in [2.05, 4.69) is 0 Å². The first-order chi connectivity index (χ1) is 10.1. The zero-order chi connectivity index (χ0) is 14.9. The lowest BCUT2D eigenvalue weighted by molar-refractivity contribution is -0.148. The predicted octanol–water partition coefficient (Wildman–Crippen LogP) is 2.05. The molecule has 0 unspecified atom stereocenters. The first-order valence-corrected chi connectivity index (χ1v) is 7.72. The quantitative estimate of drug-likeness (QED) is 0.795. The Hall–Kier alpha value is -1.84. The maximum Gasteiger partial charge on any atom is 0.238 e. The lowest BCUT2D eigenvalue weighted by atomic mass is 10.0. The standard InChI is InChI=1S/C17H22N2O2/c1-18(13-14-7-3-2-4-8-14)15(20)17(9-10-17)16(21)19-11-5-6-12-19/h2-4,7-8H,5-6,9-13H2,1H3. The molecule has 1 aliphatic carbocycles. The molecule has 3 rings (SSSR count). The Bertz CT molecular complexity index is 531. The Balaban J connectivity index is 1.67. The van der Waals surface area contributed by atoms with Crippen molar-refractivity contribution in [2.24, 2.45) is 5.41 Å². The summed E-state index contributed by atoms with van der Waals surface area (Å²) in [6, 6.07) is 9.91. The molecule has 2 aliphatic rings. The van der Waals surface area contributed by atoms with E-state index in [0.29, 0.717) is 19.4 Å². The van der Waals surface area contributed by atoms with E-state index in [0.717, 1.165) is 31.5 Å². The van der Waals surface area contributed by atoms with Crippen molar-refractivity contribution >= 4 is 11.8 Å². The molecule has 1 saturated heterocycles. The molecule has 1 aromatic rings. The van der Waals surface area contributed by atoms with E-state index in [1.807, 2.05) is 35.2 Å². The second-order valence-corrected chi connectivity index (χ2v) is 6.23. The van der Waals surface area contributed by atoms with Crippen LogP contribution in [0.4, 0.5) is 0 Å². The van der Waals surface area contributed by atoms with Gasteiger partial charge in [-0.2, -0.15) is 0 Å². The van der Waals surface area contributed by atoms with Gasteiger partial charge in [0.1, 0.15) is 5.41 Å². The first-order valence-electron chi connectivity index (χ1n) is 7.72. The third-order valence-corrected chi connectivity index (χ3v) is 4.57. The third kappa shape index (κ3) is 2.67. The highest BCUT2D eigenvalue weighted by Crippen LogP contribution is 2.49. The van der Waals surface area contributed by atoms with Gasteiger partial charge in [-0.05, 0) is 31.2 Å². The van der Waals surface area contributed by atoms with E-state index in [1.165, 1.54) is 0 Å². The second kappa shape index (κ2) is 5.51. The van der Waals surface area contributed by atoms with Crippen LogP contribution in [-0.4, -0.2) is 41.8 Å². The predicted molar refractivity (Wildman–Crippen MR) is 80.4 cm³/mol. The van der Waals surface area contributed by atoms with Crippen LogP contribution in [0.25, 0.3) is 0 Å². The van der Waals surface area contributed by atoms with Crippen LogP contribution >= 0.6 is 0 Å². The van der Waals surface area contributed by atoms with Crippen LogP contribution in [0.1, 0.15) is 31.2 Å². The van der Waals surface area contributed by atoms with Gasteiger partial charge in [-0.25, -0.2) is 0 Å². The SMILES string of the molecule is CN(Cc1ccccc1)C(=O)C1(C(=O)N2CCCC2)CC1. The first kappa shape index (κ1) is 14.1. The maximum atomic E-state index is 12.7. The van der Waals surface area contributed by atoms with Gasteiger partial charge in [-0.1, -0.05) is 30.3 Å². The number of carbonyl (C=O) groups excluding carboxylic acids is 2. The van der Waals surface area contributed by atoms with Gasteiger partial charge < -0.3 is 9.80 Å². The summed E-state index contributed by atoms with van der Waals surface area (Å²) in [6.07, 6.45) is 3.55. The fourth-order valence-corrected chi connectivity index (χ4v) is 3.16. The zero-order valence-electron chi connectivity index (χ0n) is 12.5. The number of benzene rings is 1. The molecule has 0 radical (unpaired) electrons. The van der Waals surface area contributed by atoms with Crippen LogP contribution in [0.3, 0.4) is 0 Å². The molecular formula is C17H22N2O2. The van der Waals surface area contributed by atoms with Crippen LogP contribution in [-0.2, 0) is 16.1 Å². The molecule has 2 amide bonds. The summed E-state index contributed by atoms with van der Waals surface area (Å²) in [6.45, 7) is 2.20. The Kier molecular flexibility index (Phi) is 3.70. The van der Waals surface area contributed by atoms with E-state index < -0.39 is 5.41 Å². The summed E-state index contributed by atoms with van der Waals surface area (Å²) in [5.74, 6) is 0.0492.